The largest absolute Gasteiger partial charge is 0.340 e. The highest BCUT2D eigenvalue weighted by molar-refractivity contribution is 8.02. The number of allylic oxidation sites excluding steroid dienone is 1. The number of anilines is 1. The number of hydrogen-bond acceptors (Lipinski definition) is 6. The lowest BCUT2D eigenvalue weighted by Crippen LogP contribution is -2.38. The van der Waals surface area contributed by atoms with Crippen molar-refractivity contribution in [1.82, 2.24) is 14.8 Å². The number of hydrogen-bond donors (Lipinski definition) is 3. The van der Waals surface area contributed by atoms with E-state index in [1.54, 1.807) is 12.1 Å². The summed E-state index contributed by atoms with van der Waals surface area (Å²) in [5.74, 6) is 5.77. The highest BCUT2D eigenvalue weighted by Crippen LogP contribution is 2.34. The predicted octanol–water partition coefficient (Wildman–Crippen LogP) is 3.39. The minimum absolute atomic E-state index is 0.293. The molecule has 0 spiro atoms. The number of nitriles is 1. The molecule has 4 N–H and O–H groups in total. The van der Waals surface area contributed by atoms with E-state index in [9.17, 15) is 10.1 Å². The summed E-state index contributed by atoms with van der Waals surface area (Å²) in [6.07, 6.45) is 0. The molecule has 1 aliphatic rings. The molecule has 7 nitrogen and oxygen atoms in total. The average molecular weight is 404 g/mol. The van der Waals surface area contributed by atoms with Crippen molar-refractivity contribution >= 4 is 34.4 Å². The lowest BCUT2D eigenvalue weighted by molar-refractivity contribution is -0.114. The molecule has 0 atom stereocenters. The number of nitrogens with one attached hydrogen (secondary N) is 2. The number of carbonyl (C=O) groups excluding carboxylic acids is 1. The number of para-hydroxylation sites is 1. The van der Waals surface area contributed by atoms with Gasteiger partial charge in [-0.2, -0.15) is 10.1 Å². The first-order valence-electron chi connectivity index (χ1n) is 9.16. The SMILES string of the molecule is CCn1c(-c2ccc(N(N)C(=O)C3=C(C)NNS3)cc2)c(C#N)c2ccccc21. The zero-order valence-corrected chi connectivity index (χ0v) is 16.9. The smallest absolute Gasteiger partial charge is 0.282 e. The molecule has 3 aromatic rings. The molecule has 2 heterocycles. The molecule has 1 amide bonds. The van der Waals surface area contributed by atoms with Gasteiger partial charge >= 0.3 is 0 Å². The van der Waals surface area contributed by atoms with Crippen LogP contribution in [0.1, 0.15) is 19.4 Å². The van der Waals surface area contributed by atoms with E-state index in [2.05, 4.69) is 27.8 Å². The van der Waals surface area contributed by atoms with Crippen LogP contribution in [0, 0.1) is 11.3 Å². The van der Waals surface area contributed by atoms with Crippen LogP contribution in [0.15, 0.2) is 59.1 Å². The summed E-state index contributed by atoms with van der Waals surface area (Å²) in [4.78, 5) is 16.0. The molecule has 1 aliphatic heterocycles. The number of fused-ring (bicyclic) bond motifs is 1. The fourth-order valence-electron chi connectivity index (χ4n) is 3.54. The van der Waals surface area contributed by atoms with Gasteiger partial charge in [0.15, 0.2) is 0 Å². The van der Waals surface area contributed by atoms with Gasteiger partial charge in [-0.25, -0.2) is 10.9 Å². The zero-order valence-electron chi connectivity index (χ0n) is 16.1. The molecular weight excluding hydrogens is 384 g/mol. The van der Waals surface area contributed by atoms with E-state index in [1.165, 1.54) is 11.9 Å². The molecule has 8 heteroatoms. The Hall–Kier alpha value is -3.25. The van der Waals surface area contributed by atoms with E-state index < -0.39 is 0 Å². The van der Waals surface area contributed by atoms with Crippen LogP contribution in [0.3, 0.4) is 0 Å². The minimum Gasteiger partial charge on any atom is -0.340 e. The van der Waals surface area contributed by atoms with Crippen LogP contribution in [0.2, 0.25) is 0 Å². The molecule has 0 unspecified atom stereocenters. The lowest BCUT2D eigenvalue weighted by atomic mass is 10.1. The Morgan fingerprint density at radius 3 is 2.59 bits per heavy atom. The van der Waals surface area contributed by atoms with Gasteiger partial charge in [-0.3, -0.25) is 4.79 Å². The summed E-state index contributed by atoms with van der Waals surface area (Å²) in [7, 11) is 0. The summed E-state index contributed by atoms with van der Waals surface area (Å²) in [5, 5.41) is 11.9. The third-order valence-corrected chi connectivity index (χ3v) is 5.85. The first kappa shape index (κ1) is 19.1. The van der Waals surface area contributed by atoms with Gasteiger partial charge in [0.05, 0.1) is 16.9 Å². The normalized spacial score (nSPS) is 13.4. The number of aromatic nitrogens is 1. The van der Waals surface area contributed by atoms with Crippen molar-refractivity contribution in [2.24, 2.45) is 5.84 Å². The van der Waals surface area contributed by atoms with Gasteiger partial charge in [0, 0.05) is 23.1 Å². The highest BCUT2D eigenvalue weighted by atomic mass is 32.2. The number of benzene rings is 2. The first-order valence-corrected chi connectivity index (χ1v) is 9.98. The highest BCUT2D eigenvalue weighted by Gasteiger charge is 2.24. The Morgan fingerprint density at radius 1 is 1.24 bits per heavy atom. The number of aryl methyl sites for hydroxylation is 1. The van der Waals surface area contributed by atoms with Crippen LogP contribution in [-0.2, 0) is 11.3 Å². The van der Waals surface area contributed by atoms with Gasteiger partial charge in [0.1, 0.15) is 11.0 Å². The van der Waals surface area contributed by atoms with Crippen molar-refractivity contribution < 1.29 is 4.79 Å². The fraction of sp³-hybridized carbons (Fsp3) is 0.143. The van der Waals surface area contributed by atoms with Gasteiger partial charge in [-0.15, -0.1) is 0 Å². The standard InChI is InChI=1S/C21H20N6OS/c1-3-26-18-7-5-4-6-16(18)17(12-22)19(26)14-8-10-15(11-9-14)27(23)21(28)20-13(2)24-25-29-20/h4-11,24-25H,3,23H2,1-2H3. The monoisotopic (exact) mass is 404 g/mol. The average Bonchev–Trinajstić information content (AvgIpc) is 3.33. The minimum atomic E-state index is -0.293. The van der Waals surface area contributed by atoms with Crippen molar-refractivity contribution in [2.75, 3.05) is 5.01 Å². The second-order valence-electron chi connectivity index (χ2n) is 6.60. The lowest BCUT2D eigenvalue weighted by Gasteiger charge is -2.17. The molecule has 146 valence electrons. The third-order valence-electron chi connectivity index (χ3n) is 4.96. The summed E-state index contributed by atoms with van der Waals surface area (Å²) in [6.45, 7) is 4.61. The quantitative estimate of drug-likeness (QED) is 0.267. The van der Waals surface area contributed by atoms with Gasteiger partial charge < -0.3 is 9.99 Å². The number of nitrogens with zero attached hydrogens (tertiary/aromatic N) is 3. The van der Waals surface area contributed by atoms with Gasteiger partial charge in [-0.05, 0) is 49.6 Å². The van der Waals surface area contributed by atoms with E-state index in [4.69, 9.17) is 5.84 Å². The van der Waals surface area contributed by atoms with E-state index in [0.29, 0.717) is 16.2 Å². The van der Waals surface area contributed by atoms with Gasteiger partial charge in [0.25, 0.3) is 5.91 Å². The van der Waals surface area contributed by atoms with E-state index in [0.717, 1.165) is 39.4 Å². The van der Waals surface area contributed by atoms with Crippen LogP contribution in [0.5, 0.6) is 0 Å². The fourth-order valence-corrected chi connectivity index (χ4v) is 4.24. The second kappa shape index (κ2) is 7.64. The Balaban J connectivity index is 1.73. The van der Waals surface area contributed by atoms with E-state index in [1.807, 2.05) is 43.3 Å². The van der Waals surface area contributed by atoms with Crippen molar-refractivity contribution in [3.8, 4) is 17.3 Å². The summed E-state index contributed by atoms with van der Waals surface area (Å²) >= 11 is 1.20. The van der Waals surface area contributed by atoms with Crippen molar-refractivity contribution in [2.45, 2.75) is 20.4 Å². The zero-order chi connectivity index (χ0) is 20.5. The Bertz CT molecular complexity index is 1170. The Morgan fingerprint density at radius 2 is 1.97 bits per heavy atom. The first-order chi connectivity index (χ1) is 14.1. The molecule has 0 fully saturated rings. The molecule has 0 saturated carbocycles. The third kappa shape index (κ3) is 3.15. The van der Waals surface area contributed by atoms with Crippen molar-refractivity contribution in [3.63, 3.8) is 0 Å². The molecule has 0 aliphatic carbocycles. The maximum atomic E-state index is 12.6. The topological polar surface area (TPSA) is 99.1 Å². The molecule has 1 aromatic heterocycles. The second-order valence-corrected chi connectivity index (χ2v) is 7.42. The van der Waals surface area contributed by atoms with E-state index >= 15 is 0 Å². The molecule has 0 bridgehead atoms. The van der Waals surface area contributed by atoms with Crippen LogP contribution in [-0.4, -0.2) is 10.5 Å². The number of amides is 1. The number of carbonyl (C=O) groups is 1. The molecule has 4 rings (SSSR count). The van der Waals surface area contributed by atoms with E-state index in [-0.39, 0.29) is 5.91 Å². The molecule has 29 heavy (non-hydrogen) atoms. The van der Waals surface area contributed by atoms with Crippen molar-refractivity contribution in [1.29, 1.82) is 5.26 Å². The van der Waals surface area contributed by atoms with Crippen molar-refractivity contribution in [3.05, 3.63) is 64.7 Å². The number of rotatable bonds is 4. The molecule has 0 saturated heterocycles. The Kier molecular flexibility index (Phi) is 5.03. The van der Waals surface area contributed by atoms with Gasteiger partial charge in [0.2, 0.25) is 0 Å². The van der Waals surface area contributed by atoms with Crippen LogP contribution >= 0.6 is 11.9 Å². The summed E-state index contributed by atoms with van der Waals surface area (Å²) < 4.78 is 2.13. The molecule has 0 radical (unpaired) electrons. The molecule has 2 aromatic carbocycles. The van der Waals surface area contributed by atoms with Gasteiger partial charge in [-0.1, -0.05) is 30.3 Å². The maximum absolute atomic E-state index is 12.6. The van der Waals surface area contributed by atoms with Crippen LogP contribution < -0.4 is 21.1 Å². The summed E-state index contributed by atoms with van der Waals surface area (Å²) in [5.41, 5.74) is 7.64. The maximum Gasteiger partial charge on any atom is 0.282 e. The summed E-state index contributed by atoms with van der Waals surface area (Å²) in [6, 6.07) is 17.6. The van der Waals surface area contributed by atoms with Crippen LogP contribution in [0.4, 0.5) is 5.69 Å². The molecular formula is C21H20N6OS. The number of hydrazine groups is 2. The number of nitrogens with two attached hydrogens (primary N) is 1. The Labute approximate surface area is 172 Å². The predicted molar refractivity (Wildman–Crippen MR) is 116 cm³/mol. The van der Waals surface area contributed by atoms with Crippen LogP contribution in [0.25, 0.3) is 22.2 Å².